The first-order valence-electron chi connectivity index (χ1n) is 5.57. The van der Waals surface area contributed by atoms with Gasteiger partial charge in [0.25, 0.3) is 0 Å². The Labute approximate surface area is 103 Å². The lowest BCUT2D eigenvalue weighted by Crippen LogP contribution is -1.86. The van der Waals surface area contributed by atoms with Gasteiger partial charge in [-0.05, 0) is 29.1 Å². The molecule has 0 saturated carbocycles. The van der Waals surface area contributed by atoms with Crippen molar-refractivity contribution in [1.82, 2.24) is 4.98 Å². The van der Waals surface area contributed by atoms with Crippen molar-refractivity contribution >= 4 is 10.8 Å². The van der Waals surface area contributed by atoms with Crippen molar-refractivity contribution in [2.75, 3.05) is 0 Å². The van der Waals surface area contributed by atoms with Crippen LogP contribution in [0.15, 0.2) is 54.9 Å². The number of aromatic hydroxyl groups is 1. The summed E-state index contributed by atoms with van der Waals surface area (Å²) >= 11 is 0. The zero-order valence-electron chi connectivity index (χ0n) is 9.47. The van der Waals surface area contributed by atoms with E-state index in [1.165, 1.54) is 6.07 Å². The minimum atomic E-state index is -0.431. The molecule has 1 N–H and O–H groups in total. The first-order chi connectivity index (χ1) is 8.75. The number of halogens is 1. The highest BCUT2D eigenvalue weighted by molar-refractivity contribution is 5.96. The second-order valence-electron chi connectivity index (χ2n) is 4.07. The van der Waals surface area contributed by atoms with Gasteiger partial charge in [-0.1, -0.05) is 18.2 Å². The molecule has 3 heteroatoms. The van der Waals surface area contributed by atoms with E-state index in [1.54, 1.807) is 18.5 Å². The van der Waals surface area contributed by atoms with Crippen LogP contribution >= 0.6 is 0 Å². The summed E-state index contributed by atoms with van der Waals surface area (Å²) in [5.41, 5.74) is 1.28. The van der Waals surface area contributed by atoms with E-state index >= 15 is 0 Å². The maximum Gasteiger partial charge on any atom is 0.134 e. The minimum Gasteiger partial charge on any atom is -0.508 e. The molecule has 88 valence electrons. The number of fused-ring (bicyclic) bond motifs is 1. The minimum absolute atomic E-state index is 0.0712. The third-order valence-electron chi connectivity index (χ3n) is 2.92. The van der Waals surface area contributed by atoms with Gasteiger partial charge in [-0.25, -0.2) is 4.39 Å². The lowest BCUT2D eigenvalue weighted by atomic mass is 9.99. The molecule has 18 heavy (non-hydrogen) atoms. The fourth-order valence-electron chi connectivity index (χ4n) is 2.08. The molecule has 1 aromatic heterocycles. The number of benzene rings is 2. The van der Waals surface area contributed by atoms with Crippen molar-refractivity contribution in [1.29, 1.82) is 0 Å². The third kappa shape index (κ3) is 1.70. The molecule has 0 spiro atoms. The molecule has 0 aliphatic heterocycles. The summed E-state index contributed by atoms with van der Waals surface area (Å²) in [6.45, 7) is 0. The Morgan fingerprint density at radius 1 is 1.00 bits per heavy atom. The fraction of sp³-hybridized carbons (Fsp3) is 0. The van der Waals surface area contributed by atoms with Crippen molar-refractivity contribution in [3.05, 3.63) is 60.7 Å². The van der Waals surface area contributed by atoms with Crippen LogP contribution in [0.4, 0.5) is 4.39 Å². The number of phenolic OH excluding ortho intramolecular Hbond substituents is 1. The zero-order valence-corrected chi connectivity index (χ0v) is 9.47. The van der Waals surface area contributed by atoms with Crippen LogP contribution in [0.1, 0.15) is 0 Å². The second-order valence-corrected chi connectivity index (χ2v) is 4.07. The van der Waals surface area contributed by atoms with Gasteiger partial charge < -0.3 is 5.11 Å². The molecular weight excluding hydrogens is 229 g/mol. The first-order valence-corrected chi connectivity index (χ1v) is 5.57. The molecule has 0 amide bonds. The third-order valence-corrected chi connectivity index (χ3v) is 2.92. The topological polar surface area (TPSA) is 33.1 Å². The van der Waals surface area contributed by atoms with Crippen LogP contribution in [0.3, 0.4) is 0 Å². The van der Waals surface area contributed by atoms with Crippen molar-refractivity contribution in [3.63, 3.8) is 0 Å². The number of aromatic nitrogens is 1. The summed E-state index contributed by atoms with van der Waals surface area (Å²) in [5.74, 6) is -0.502. The molecule has 0 aliphatic rings. The summed E-state index contributed by atoms with van der Waals surface area (Å²) < 4.78 is 13.9. The molecule has 0 saturated heterocycles. The maximum absolute atomic E-state index is 13.9. The van der Waals surface area contributed by atoms with Gasteiger partial charge in [-0.2, -0.15) is 0 Å². The van der Waals surface area contributed by atoms with E-state index in [9.17, 15) is 9.50 Å². The Kier molecular flexibility index (Phi) is 2.45. The Morgan fingerprint density at radius 2 is 1.89 bits per heavy atom. The van der Waals surface area contributed by atoms with Gasteiger partial charge in [0.2, 0.25) is 0 Å². The van der Waals surface area contributed by atoms with Gasteiger partial charge in [0.1, 0.15) is 11.6 Å². The van der Waals surface area contributed by atoms with E-state index < -0.39 is 5.82 Å². The molecule has 1 heterocycles. The normalized spacial score (nSPS) is 10.7. The summed E-state index contributed by atoms with van der Waals surface area (Å²) in [5, 5.41) is 11.2. The predicted molar refractivity (Wildman–Crippen MR) is 68.8 cm³/mol. The Bertz CT molecular complexity index is 719. The number of pyridine rings is 1. The smallest absolute Gasteiger partial charge is 0.134 e. The Morgan fingerprint density at radius 3 is 2.72 bits per heavy atom. The fourth-order valence-corrected chi connectivity index (χ4v) is 2.08. The SMILES string of the molecule is Oc1ccc(-c2cccc3cnccc23)c(F)c1. The molecule has 0 bridgehead atoms. The van der Waals surface area contributed by atoms with Gasteiger partial charge in [0.05, 0.1) is 0 Å². The average Bonchev–Trinajstić information content (AvgIpc) is 2.38. The van der Waals surface area contributed by atoms with E-state index in [0.29, 0.717) is 5.56 Å². The summed E-state index contributed by atoms with van der Waals surface area (Å²) in [4.78, 5) is 4.05. The van der Waals surface area contributed by atoms with E-state index in [2.05, 4.69) is 4.98 Å². The number of hydrogen-bond acceptors (Lipinski definition) is 2. The molecule has 0 unspecified atom stereocenters. The second kappa shape index (κ2) is 4.11. The molecule has 0 fully saturated rings. The van der Waals surface area contributed by atoms with Crippen molar-refractivity contribution in [2.24, 2.45) is 0 Å². The van der Waals surface area contributed by atoms with Gasteiger partial charge in [0, 0.05) is 29.4 Å². The van der Waals surface area contributed by atoms with Crippen LogP contribution in [0.2, 0.25) is 0 Å². The van der Waals surface area contributed by atoms with Gasteiger partial charge >= 0.3 is 0 Å². The molecular formula is C15H10FNO. The zero-order chi connectivity index (χ0) is 12.5. The lowest BCUT2D eigenvalue weighted by Gasteiger charge is -2.07. The number of hydrogen-bond donors (Lipinski definition) is 1. The Hall–Kier alpha value is -2.42. The highest BCUT2D eigenvalue weighted by atomic mass is 19.1. The lowest BCUT2D eigenvalue weighted by molar-refractivity contribution is 0.469. The molecule has 0 atom stereocenters. The number of phenols is 1. The number of nitrogens with zero attached hydrogens (tertiary/aromatic N) is 1. The maximum atomic E-state index is 13.9. The van der Waals surface area contributed by atoms with Gasteiger partial charge in [-0.3, -0.25) is 4.98 Å². The average molecular weight is 239 g/mol. The van der Waals surface area contributed by atoms with E-state index in [0.717, 1.165) is 22.4 Å². The standard InChI is InChI=1S/C15H10FNO/c16-15-8-11(18)4-5-14(15)13-3-1-2-10-9-17-7-6-12(10)13/h1-9,18H. The molecule has 0 aliphatic carbocycles. The van der Waals surface area contributed by atoms with Crippen LogP contribution in [0.5, 0.6) is 5.75 Å². The van der Waals surface area contributed by atoms with Crippen molar-refractivity contribution < 1.29 is 9.50 Å². The first kappa shape index (κ1) is 10.7. The number of rotatable bonds is 1. The van der Waals surface area contributed by atoms with Gasteiger partial charge in [0.15, 0.2) is 0 Å². The quantitative estimate of drug-likeness (QED) is 0.701. The van der Waals surface area contributed by atoms with Crippen molar-refractivity contribution in [3.8, 4) is 16.9 Å². The summed E-state index contributed by atoms with van der Waals surface area (Å²) in [6, 6.07) is 11.7. The molecule has 3 rings (SSSR count). The van der Waals surface area contributed by atoms with E-state index in [4.69, 9.17) is 0 Å². The van der Waals surface area contributed by atoms with Crippen molar-refractivity contribution in [2.45, 2.75) is 0 Å². The monoisotopic (exact) mass is 239 g/mol. The summed E-state index contributed by atoms with van der Waals surface area (Å²) in [6.07, 6.45) is 3.43. The molecule has 2 nitrogen and oxygen atoms in total. The molecule has 2 aromatic carbocycles. The summed E-state index contributed by atoms with van der Waals surface area (Å²) in [7, 11) is 0. The van der Waals surface area contributed by atoms with Crippen LogP contribution in [-0.2, 0) is 0 Å². The van der Waals surface area contributed by atoms with E-state index in [-0.39, 0.29) is 5.75 Å². The van der Waals surface area contributed by atoms with E-state index in [1.807, 2.05) is 24.3 Å². The Balaban J connectivity index is 2.31. The van der Waals surface area contributed by atoms with Gasteiger partial charge in [-0.15, -0.1) is 0 Å². The molecule has 0 radical (unpaired) electrons. The van der Waals surface area contributed by atoms with Crippen LogP contribution < -0.4 is 0 Å². The largest absolute Gasteiger partial charge is 0.508 e. The highest BCUT2D eigenvalue weighted by Crippen LogP contribution is 2.31. The van der Waals surface area contributed by atoms with Crippen LogP contribution in [0.25, 0.3) is 21.9 Å². The highest BCUT2D eigenvalue weighted by Gasteiger charge is 2.09. The predicted octanol–water partition coefficient (Wildman–Crippen LogP) is 3.75. The van der Waals surface area contributed by atoms with Crippen LogP contribution in [-0.4, -0.2) is 10.1 Å². The van der Waals surface area contributed by atoms with Crippen LogP contribution in [0, 0.1) is 5.82 Å². The molecule has 3 aromatic rings.